The van der Waals surface area contributed by atoms with Gasteiger partial charge in [0, 0.05) is 34.6 Å². The van der Waals surface area contributed by atoms with E-state index in [9.17, 15) is 14.7 Å². The molecule has 0 spiro atoms. The zero-order chi connectivity index (χ0) is 19.8. The maximum atomic E-state index is 12.6. The lowest BCUT2D eigenvalue weighted by atomic mass is 10.1. The predicted octanol–water partition coefficient (Wildman–Crippen LogP) is 5.16. The monoisotopic (exact) mass is 410 g/mol. The van der Waals surface area contributed by atoms with Gasteiger partial charge in [-0.1, -0.05) is 41.9 Å². The zero-order valence-electron chi connectivity index (χ0n) is 14.8. The van der Waals surface area contributed by atoms with Crippen molar-refractivity contribution >= 4 is 39.8 Å². The Balaban J connectivity index is 1.91. The highest BCUT2D eigenvalue weighted by Gasteiger charge is 2.18. The first-order chi connectivity index (χ1) is 13.5. The van der Waals surface area contributed by atoms with Gasteiger partial charge >= 0.3 is 5.97 Å². The van der Waals surface area contributed by atoms with E-state index < -0.39 is 11.4 Å². The number of rotatable bonds is 4. The number of aromatic carboxylic acids is 1. The third kappa shape index (κ3) is 3.10. The van der Waals surface area contributed by atoms with Gasteiger partial charge in [-0.15, -0.1) is 11.3 Å². The molecule has 4 rings (SSSR count). The molecule has 5 nitrogen and oxygen atoms in total. The Morgan fingerprint density at radius 3 is 2.68 bits per heavy atom. The molecule has 0 unspecified atom stereocenters. The van der Waals surface area contributed by atoms with E-state index in [1.54, 1.807) is 4.57 Å². The van der Waals surface area contributed by atoms with Gasteiger partial charge in [-0.2, -0.15) is 0 Å². The molecule has 2 aromatic heterocycles. The van der Waals surface area contributed by atoms with Gasteiger partial charge in [-0.25, -0.2) is 9.78 Å². The minimum atomic E-state index is -1.25. The van der Waals surface area contributed by atoms with Crippen LogP contribution in [-0.4, -0.2) is 20.6 Å². The molecule has 0 saturated carbocycles. The Bertz CT molecular complexity index is 1260. The fourth-order valence-electron chi connectivity index (χ4n) is 3.13. The van der Waals surface area contributed by atoms with Crippen molar-refractivity contribution in [3.05, 3.63) is 74.9 Å². The SMILES string of the molecule is CCn1cc(C(=O)O)c(=O)c2cc(Cl)c(-c3nc(-c4ccccc4)cs3)cc21. The Morgan fingerprint density at radius 1 is 1.25 bits per heavy atom. The second-order valence-corrected chi connectivity index (χ2v) is 7.48. The van der Waals surface area contributed by atoms with Gasteiger partial charge in [-0.05, 0) is 19.1 Å². The lowest BCUT2D eigenvalue weighted by molar-refractivity contribution is 0.0695. The molecule has 0 aliphatic heterocycles. The van der Waals surface area contributed by atoms with Crippen LogP contribution < -0.4 is 5.43 Å². The van der Waals surface area contributed by atoms with Crippen LogP contribution in [0.2, 0.25) is 5.02 Å². The van der Waals surface area contributed by atoms with Crippen LogP contribution >= 0.6 is 22.9 Å². The second-order valence-electron chi connectivity index (χ2n) is 6.22. The van der Waals surface area contributed by atoms with E-state index in [0.29, 0.717) is 22.6 Å². The lowest BCUT2D eigenvalue weighted by Gasteiger charge is -2.12. The molecule has 1 N–H and O–H groups in total. The van der Waals surface area contributed by atoms with E-state index in [0.717, 1.165) is 16.3 Å². The number of fused-ring (bicyclic) bond motifs is 1. The molecular formula is C21H15ClN2O3S. The summed E-state index contributed by atoms with van der Waals surface area (Å²) in [6, 6.07) is 13.2. The molecular weight excluding hydrogens is 396 g/mol. The summed E-state index contributed by atoms with van der Waals surface area (Å²) < 4.78 is 1.74. The van der Waals surface area contributed by atoms with Crippen LogP contribution in [0.4, 0.5) is 0 Å². The number of carboxylic acids is 1. The highest BCUT2D eigenvalue weighted by Crippen LogP contribution is 2.35. The predicted molar refractivity (Wildman–Crippen MR) is 112 cm³/mol. The number of thiazole rings is 1. The van der Waals surface area contributed by atoms with Crippen molar-refractivity contribution in [3.8, 4) is 21.8 Å². The van der Waals surface area contributed by atoms with Crippen molar-refractivity contribution < 1.29 is 9.90 Å². The first-order valence-electron chi connectivity index (χ1n) is 8.61. The summed E-state index contributed by atoms with van der Waals surface area (Å²) in [6.45, 7) is 2.41. The van der Waals surface area contributed by atoms with Gasteiger partial charge < -0.3 is 9.67 Å². The molecule has 0 saturated heterocycles. The highest BCUT2D eigenvalue weighted by molar-refractivity contribution is 7.13. The van der Waals surface area contributed by atoms with Gasteiger partial charge in [0.1, 0.15) is 10.6 Å². The highest BCUT2D eigenvalue weighted by atomic mass is 35.5. The maximum absolute atomic E-state index is 12.6. The maximum Gasteiger partial charge on any atom is 0.341 e. The normalized spacial score (nSPS) is 11.1. The summed E-state index contributed by atoms with van der Waals surface area (Å²) >= 11 is 7.93. The first-order valence-corrected chi connectivity index (χ1v) is 9.86. The van der Waals surface area contributed by atoms with E-state index in [1.807, 2.05) is 48.7 Å². The number of hydrogen-bond acceptors (Lipinski definition) is 4. The molecule has 2 aromatic carbocycles. The Labute approximate surface area is 169 Å². The number of hydrogen-bond donors (Lipinski definition) is 1. The number of halogens is 1. The standard InChI is InChI=1S/C21H15ClN2O3S/c1-2-24-10-15(21(26)27)19(25)14-8-16(22)13(9-18(14)24)20-23-17(11-28-20)12-6-4-3-5-7-12/h3-11H,2H2,1H3,(H,26,27). The van der Waals surface area contributed by atoms with Crippen molar-refractivity contribution in [3.63, 3.8) is 0 Å². The molecule has 0 aliphatic carbocycles. The number of pyridine rings is 1. The molecule has 0 atom stereocenters. The van der Waals surface area contributed by atoms with Crippen molar-refractivity contribution in [1.29, 1.82) is 0 Å². The number of benzene rings is 2. The van der Waals surface area contributed by atoms with Gasteiger partial charge in [-0.3, -0.25) is 4.79 Å². The molecule has 140 valence electrons. The van der Waals surface area contributed by atoms with Gasteiger partial charge in [0.2, 0.25) is 5.43 Å². The molecule has 0 amide bonds. The minimum absolute atomic E-state index is 0.265. The molecule has 0 aliphatic rings. The van der Waals surface area contributed by atoms with Crippen molar-refractivity contribution in [2.24, 2.45) is 0 Å². The topological polar surface area (TPSA) is 72.2 Å². The smallest absolute Gasteiger partial charge is 0.341 e. The van der Waals surface area contributed by atoms with Crippen LogP contribution in [0.5, 0.6) is 0 Å². The van der Waals surface area contributed by atoms with Crippen LogP contribution in [0.3, 0.4) is 0 Å². The summed E-state index contributed by atoms with van der Waals surface area (Å²) in [5.41, 5.74) is 2.41. The number of carboxylic acid groups (broad SMARTS) is 1. The van der Waals surface area contributed by atoms with Crippen LogP contribution in [0.25, 0.3) is 32.7 Å². The van der Waals surface area contributed by atoms with Crippen LogP contribution in [-0.2, 0) is 6.54 Å². The largest absolute Gasteiger partial charge is 0.477 e. The van der Waals surface area contributed by atoms with Crippen molar-refractivity contribution in [2.45, 2.75) is 13.5 Å². The number of nitrogens with zero attached hydrogens (tertiary/aromatic N) is 2. The van der Waals surface area contributed by atoms with Gasteiger partial charge in [0.05, 0.1) is 16.2 Å². The average Bonchev–Trinajstić information content (AvgIpc) is 3.18. The minimum Gasteiger partial charge on any atom is -0.477 e. The first kappa shape index (κ1) is 18.4. The van der Waals surface area contributed by atoms with Gasteiger partial charge in [0.15, 0.2) is 0 Å². The molecule has 2 heterocycles. The van der Waals surface area contributed by atoms with Crippen molar-refractivity contribution in [2.75, 3.05) is 0 Å². The van der Waals surface area contributed by atoms with Crippen molar-refractivity contribution in [1.82, 2.24) is 9.55 Å². The average molecular weight is 411 g/mol. The van der Waals surface area contributed by atoms with E-state index in [1.165, 1.54) is 23.6 Å². The Hall–Kier alpha value is -2.96. The summed E-state index contributed by atoms with van der Waals surface area (Å²) in [6.07, 6.45) is 1.38. The fourth-order valence-corrected chi connectivity index (χ4v) is 4.30. The Morgan fingerprint density at radius 2 is 2.00 bits per heavy atom. The summed E-state index contributed by atoms with van der Waals surface area (Å²) in [5.74, 6) is -1.25. The number of aryl methyl sites for hydroxylation is 1. The second kappa shape index (κ2) is 7.22. The summed E-state index contributed by atoms with van der Waals surface area (Å²) in [4.78, 5) is 28.6. The molecule has 0 bridgehead atoms. The Kier molecular flexibility index (Phi) is 4.75. The molecule has 7 heteroatoms. The summed E-state index contributed by atoms with van der Waals surface area (Å²) in [7, 11) is 0. The third-order valence-corrected chi connectivity index (χ3v) is 5.73. The van der Waals surface area contributed by atoms with E-state index >= 15 is 0 Å². The van der Waals surface area contributed by atoms with Crippen LogP contribution in [0.15, 0.2) is 58.8 Å². The molecule has 4 aromatic rings. The fraction of sp³-hybridized carbons (Fsp3) is 0.0952. The zero-order valence-corrected chi connectivity index (χ0v) is 16.4. The number of carbonyl (C=O) groups is 1. The van der Waals surface area contributed by atoms with Gasteiger partial charge in [0.25, 0.3) is 0 Å². The van der Waals surface area contributed by atoms with Crippen LogP contribution in [0.1, 0.15) is 17.3 Å². The lowest BCUT2D eigenvalue weighted by Crippen LogP contribution is -2.18. The van der Waals surface area contributed by atoms with E-state index in [2.05, 4.69) is 0 Å². The van der Waals surface area contributed by atoms with E-state index in [4.69, 9.17) is 16.6 Å². The molecule has 28 heavy (non-hydrogen) atoms. The quantitative estimate of drug-likeness (QED) is 0.504. The molecule has 0 radical (unpaired) electrons. The van der Waals surface area contributed by atoms with E-state index in [-0.39, 0.29) is 10.9 Å². The summed E-state index contributed by atoms with van der Waals surface area (Å²) in [5, 5.41) is 12.7. The van der Waals surface area contributed by atoms with Crippen LogP contribution in [0, 0.1) is 0 Å². The molecule has 0 fully saturated rings. The third-order valence-electron chi connectivity index (χ3n) is 4.54. The number of aromatic nitrogens is 2.